The highest BCUT2D eigenvalue weighted by Crippen LogP contribution is 2.27. The van der Waals surface area contributed by atoms with E-state index in [2.05, 4.69) is 5.32 Å². The molecular formula is C34H41N3O11. The van der Waals surface area contributed by atoms with Crippen LogP contribution in [0, 0.1) is 0 Å². The van der Waals surface area contributed by atoms with E-state index in [4.69, 9.17) is 30.4 Å². The fraction of sp³-hybridized carbons (Fsp3) is 0.412. The van der Waals surface area contributed by atoms with Crippen molar-refractivity contribution in [3.8, 4) is 11.5 Å². The molecule has 1 amide bonds. The number of benzene rings is 3. The monoisotopic (exact) mass is 667 g/mol. The first-order valence-corrected chi connectivity index (χ1v) is 15.6. The number of rotatable bonds is 11. The lowest BCUT2D eigenvalue weighted by atomic mass is 9.96. The molecule has 258 valence electrons. The van der Waals surface area contributed by atoms with Crippen molar-refractivity contribution in [1.29, 1.82) is 0 Å². The van der Waals surface area contributed by atoms with E-state index in [9.17, 15) is 35.1 Å². The van der Waals surface area contributed by atoms with E-state index in [1.807, 2.05) is 6.92 Å². The molecule has 14 heteroatoms. The number of carbonyl (C=O) groups is 2. The van der Waals surface area contributed by atoms with Crippen LogP contribution in [0.1, 0.15) is 39.6 Å². The van der Waals surface area contributed by atoms with Gasteiger partial charge in [-0.2, -0.15) is 0 Å². The van der Waals surface area contributed by atoms with Crippen LogP contribution >= 0.6 is 0 Å². The molecule has 10 N–H and O–H groups in total. The fourth-order valence-electron chi connectivity index (χ4n) is 5.55. The molecule has 0 unspecified atom stereocenters. The Bertz CT molecular complexity index is 1440. The average Bonchev–Trinajstić information content (AvgIpc) is 3.09. The summed E-state index contributed by atoms with van der Waals surface area (Å²) >= 11 is 0. The van der Waals surface area contributed by atoms with E-state index in [-0.39, 0.29) is 12.2 Å². The van der Waals surface area contributed by atoms with Gasteiger partial charge in [0.1, 0.15) is 42.0 Å². The number of hydrogen-bond donors (Lipinski definition) is 8. The summed E-state index contributed by atoms with van der Waals surface area (Å²) in [6.07, 6.45) is -8.45. The molecule has 2 aliphatic heterocycles. The van der Waals surface area contributed by atoms with Gasteiger partial charge in [-0.25, -0.2) is 0 Å². The first-order chi connectivity index (χ1) is 23.0. The highest BCUT2D eigenvalue weighted by Gasteiger charge is 2.44. The number of amides is 1. The van der Waals surface area contributed by atoms with E-state index in [1.54, 1.807) is 60.7 Å². The lowest BCUT2D eigenvalue weighted by molar-refractivity contribution is -0.239. The van der Waals surface area contributed by atoms with Crippen LogP contribution in [0.15, 0.2) is 72.8 Å². The van der Waals surface area contributed by atoms with Crippen LogP contribution in [0.25, 0.3) is 0 Å². The second-order valence-corrected chi connectivity index (χ2v) is 11.8. The lowest BCUT2D eigenvalue weighted by Crippen LogP contribution is -2.63. The number of ketones is 1. The lowest BCUT2D eigenvalue weighted by Gasteiger charge is -2.40. The minimum atomic E-state index is -1.36. The summed E-state index contributed by atoms with van der Waals surface area (Å²) < 4.78 is 22.9. The molecule has 5 rings (SSSR count). The molecule has 0 aromatic heterocycles. The summed E-state index contributed by atoms with van der Waals surface area (Å²) in [5, 5.41) is 52.8. The second-order valence-electron chi connectivity index (χ2n) is 11.8. The molecule has 14 nitrogen and oxygen atoms in total. The van der Waals surface area contributed by atoms with Crippen LogP contribution in [-0.2, 0) is 15.9 Å². The van der Waals surface area contributed by atoms with Gasteiger partial charge in [0.15, 0.2) is 5.78 Å². The Morgan fingerprint density at radius 3 is 1.90 bits per heavy atom. The zero-order valence-corrected chi connectivity index (χ0v) is 26.2. The molecule has 2 heterocycles. The van der Waals surface area contributed by atoms with Gasteiger partial charge < -0.3 is 61.3 Å². The van der Waals surface area contributed by atoms with E-state index < -0.39 is 73.8 Å². The Balaban J connectivity index is 1.17. The SMILES string of the molecule is CC[C@H]1O[C@@H](Oc2cccc(NC(=O)c3ccc(C(=O)Cc4cccc(O[C@@H]5O[C@H](CO)[C@@H](O)[C@H](O)[C@H]5N)c4)cc3)c2)[C@H](N)[C@@H](O)[C@@H]1O. The van der Waals surface area contributed by atoms with Gasteiger partial charge in [0.25, 0.3) is 5.91 Å². The van der Waals surface area contributed by atoms with Gasteiger partial charge in [-0.15, -0.1) is 0 Å². The van der Waals surface area contributed by atoms with Crippen molar-refractivity contribution in [3.05, 3.63) is 89.5 Å². The molecule has 2 saturated heterocycles. The van der Waals surface area contributed by atoms with Crippen molar-refractivity contribution in [2.24, 2.45) is 11.5 Å². The summed E-state index contributed by atoms with van der Waals surface area (Å²) in [5.74, 6) is 0.0233. The maximum atomic E-state index is 13.1. The van der Waals surface area contributed by atoms with E-state index in [1.165, 1.54) is 12.1 Å². The smallest absolute Gasteiger partial charge is 0.255 e. The number of aliphatic hydroxyl groups is 5. The molecule has 0 bridgehead atoms. The number of carbonyl (C=O) groups excluding carboxylic acids is 2. The maximum Gasteiger partial charge on any atom is 0.255 e. The summed E-state index contributed by atoms with van der Waals surface area (Å²) in [4.78, 5) is 26.0. The molecule has 48 heavy (non-hydrogen) atoms. The third kappa shape index (κ3) is 8.01. The van der Waals surface area contributed by atoms with E-state index in [0.717, 1.165) is 0 Å². The van der Waals surface area contributed by atoms with Gasteiger partial charge in [-0.3, -0.25) is 9.59 Å². The number of hydrogen-bond acceptors (Lipinski definition) is 13. The maximum absolute atomic E-state index is 13.1. The summed E-state index contributed by atoms with van der Waals surface area (Å²) in [6, 6.07) is 17.3. The average molecular weight is 668 g/mol. The first kappa shape index (κ1) is 35.3. The van der Waals surface area contributed by atoms with Crippen molar-refractivity contribution in [3.63, 3.8) is 0 Å². The molecule has 10 atom stereocenters. The first-order valence-electron chi connectivity index (χ1n) is 15.6. The number of aliphatic hydroxyl groups excluding tert-OH is 5. The van der Waals surface area contributed by atoms with Crippen LogP contribution in [0.4, 0.5) is 5.69 Å². The zero-order valence-electron chi connectivity index (χ0n) is 26.2. The van der Waals surface area contributed by atoms with Crippen molar-refractivity contribution in [2.45, 2.75) is 81.1 Å². The van der Waals surface area contributed by atoms with E-state index in [0.29, 0.717) is 40.3 Å². The topological polar surface area (TPSA) is 236 Å². The molecule has 2 aliphatic rings. The molecule has 0 radical (unpaired) electrons. The standard InChI is InChI=1S/C34H41N3O11/c1-2-24-28(40)30(42)26(35)33(47-24)46-22-8-4-6-20(15-22)37-32(44)19-11-9-18(10-12-19)23(39)14-17-5-3-7-21(13-17)45-34-27(36)31(43)29(41)25(16-38)48-34/h3-13,15,24-31,33-34,38,40-43H,2,14,16,35-36H2,1H3,(H,37,44)/t24-,25-,26-,27-,28-,29-,30-,31-,33-,34-/m1/s1. The molecule has 0 saturated carbocycles. The number of Topliss-reactive ketones (excluding diaryl/α,β-unsaturated/α-hetero) is 1. The molecule has 3 aromatic carbocycles. The summed E-state index contributed by atoms with van der Waals surface area (Å²) in [5.41, 5.74) is 13.7. The summed E-state index contributed by atoms with van der Waals surface area (Å²) in [7, 11) is 0. The van der Waals surface area contributed by atoms with Crippen molar-refractivity contribution >= 4 is 17.4 Å². The molecule has 0 spiro atoms. The number of nitrogens with one attached hydrogen (secondary N) is 1. The Labute approximate surface area is 276 Å². The highest BCUT2D eigenvalue weighted by atomic mass is 16.7. The van der Waals surface area contributed by atoms with Crippen LogP contribution in [0.3, 0.4) is 0 Å². The third-order valence-electron chi connectivity index (χ3n) is 8.41. The number of nitrogens with two attached hydrogens (primary N) is 2. The summed E-state index contributed by atoms with van der Waals surface area (Å²) in [6.45, 7) is 1.27. The third-order valence-corrected chi connectivity index (χ3v) is 8.41. The molecule has 3 aromatic rings. The quantitative estimate of drug-likeness (QED) is 0.127. The largest absolute Gasteiger partial charge is 0.463 e. The Kier molecular flexibility index (Phi) is 11.4. The number of ether oxygens (including phenoxy) is 4. The fourth-order valence-corrected chi connectivity index (χ4v) is 5.55. The van der Waals surface area contributed by atoms with Crippen LogP contribution < -0.4 is 26.3 Å². The Morgan fingerprint density at radius 2 is 1.29 bits per heavy atom. The van der Waals surface area contributed by atoms with Crippen molar-refractivity contribution in [2.75, 3.05) is 11.9 Å². The van der Waals surface area contributed by atoms with Gasteiger partial charge in [-0.1, -0.05) is 37.3 Å². The normalized spacial score (nSPS) is 30.3. The van der Waals surface area contributed by atoms with Crippen molar-refractivity contribution in [1.82, 2.24) is 0 Å². The van der Waals surface area contributed by atoms with Gasteiger partial charge >= 0.3 is 0 Å². The predicted molar refractivity (Wildman–Crippen MR) is 171 cm³/mol. The van der Waals surface area contributed by atoms with Gasteiger partial charge in [-0.05, 0) is 48.4 Å². The molecular weight excluding hydrogens is 626 g/mol. The van der Waals surface area contributed by atoms with Gasteiger partial charge in [0, 0.05) is 29.3 Å². The minimum absolute atomic E-state index is 0.0249. The van der Waals surface area contributed by atoms with Crippen LogP contribution in [-0.4, -0.2) is 105 Å². The Hall–Kier alpha value is -3.96. The van der Waals surface area contributed by atoms with Crippen LogP contribution in [0.2, 0.25) is 0 Å². The van der Waals surface area contributed by atoms with Gasteiger partial charge in [0.2, 0.25) is 12.6 Å². The van der Waals surface area contributed by atoms with E-state index >= 15 is 0 Å². The predicted octanol–water partition coefficient (Wildman–Crippen LogP) is 0.0722. The highest BCUT2D eigenvalue weighted by molar-refractivity contribution is 6.05. The van der Waals surface area contributed by atoms with Gasteiger partial charge in [0.05, 0.1) is 24.8 Å². The van der Waals surface area contributed by atoms with Crippen molar-refractivity contribution < 1.29 is 54.1 Å². The Morgan fingerprint density at radius 1 is 0.750 bits per heavy atom. The van der Waals surface area contributed by atoms with Crippen LogP contribution in [0.5, 0.6) is 11.5 Å². The molecule has 2 fully saturated rings. The molecule has 0 aliphatic carbocycles. The minimum Gasteiger partial charge on any atom is -0.463 e. The second kappa shape index (κ2) is 15.5. The zero-order chi connectivity index (χ0) is 34.5. The number of anilines is 1.